The van der Waals surface area contributed by atoms with Crippen molar-refractivity contribution in [3.8, 4) is 11.8 Å². The van der Waals surface area contributed by atoms with E-state index in [0.717, 1.165) is 5.56 Å². The summed E-state index contributed by atoms with van der Waals surface area (Å²) in [6.07, 6.45) is 1.49. The van der Waals surface area contributed by atoms with E-state index in [1.807, 2.05) is 19.9 Å². The molecule has 1 amide bonds. The molecule has 150 valence electrons. The lowest BCUT2D eigenvalue weighted by Crippen LogP contribution is -2.30. The minimum Gasteiger partial charge on any atom is -0.487 e. The summed E-state index contributed by atoms with van der Waals surface area (Å²) in [5.74, 6) is 0.0962. The van der Waals surface area contributed by atoms with Gasteiger partial charge in [-0.1, -0.05) is 0 Å². The molecule has 0 aliphatic carbocycles. The summed E-state index contributed by atoms with van der Waals surface area (Å²) in [6.45, 7) is 3.85. The highest BCUT2D eigenvalue weighted by atomic mass is 79.9. The molecule has 0 radical (unpaired) electrons. The first-order chi connectivity index (χ1) is 13.7. The van der Waals surface area contributed by atoms with E-state index in [2.05, 4.69) is 37.2 Å². The fourth-order valence-electron chi connectivity index (χ4n) is 2.33. The van der Waals surface area contributed by atoms with Gasteiger partial charge >= 0.3 is 0 Å². The first-order valence-corrected chi connectivity index (χ1v) is 10.1. The van der Waals surface area contributed by atoms with E-state index >= 15 is 0 Å². The molecule has 0 bridgehead atoms. The van der Waals surface area contributed by atoms with Crippen LogP contribution in [0.3, 0.4) is 0 Å². The Balaban J connectivity index is 2.18. The standard InChI is InChI=1S/C20H17Br2N3O4/c1-12(2)24-20(26)15(10-23)7-14-8-17(21)19(18(22)9-14)29-11-13-3-5-16(6-4-13)25(27)28/h3-9,12H,11H2,1-2H3,(H,24,26)/b15-7-. The van der Waals surface area contributed by atoms with Crippen LogP contribution in [0.4, 0.5) is 5.69 Å². The molecule has 0 saturated carbocycles. The van der Waals surface area contributed by atoms with Crippen LogP contribution in [0.25, 0.3) is 6.08 Å². The van der Waals surface area contributed by atoms with Crippen LogP contribution in [0, 0.1) is 21.4 Å². The highest BCUT2D eigenvalue weighted by molar-refractivity contribution is 9.11. The van der Waals surface area contributed by atoms with Crippen LogP contribution in [-0.4, -0.2) is 16.9 Å². The van der Waals surface area contributed by atoms with Gasteiger partial charge in [-0.3, -0.25) is 14.9 Å². The van der Waals surface area contributed by atoms with Crippen molar-refractivity contribution >= 4 is 49.5 Å². The molecule has 1 N–H and O–H groups in total. The molecule has 0 spiro atoms. The van der Waals surface area contributed by atoms with E-state index in [0.29, 0.717) is 20.3 Å². The van der Waals surface area contributed by atoms with Crippen LogP contribution in [0.5, 0.6) is 5.75 Å². The number of hydrogen-bond donors (Lipinski definition) is 1. The number of amides is 1. The van der Waals surface area contributed by atoms with Crippen molar-refractivity contribution in [1.29, 1.82) is 5.26 Å². The second-order valence-electron chi connectivity index (χ2n) is 6.32. The fraction of sp³-hybridized carbons (Fsp3) is 0.200. The monoisotopic (exact) mass is 521 g/mol. The van der Waals surface area contributed by atoms with Gasteiger partial charge in [0.15, 0.2) is 0 Å². The molecule has 0 fully saturated rings. The van der Waals surface area contributed by atoms with Crippen molar-refractivity contribution in [2.75, 3.05) is 0 Å². The predicted molar refractivity (Wildman–Crippen MR) is 116 cm³/mol. The zero-order valence-corrected chi connectivity index (χ0v) is 18.8. The third-order valence-electron chi connectivity index (χ3n) is 3.65. The Morgan fingerprint density at radius 3 is 2.34 bits per heavy atom. The number of nitrogens with zero attached hydrogens (tertiary/aromatic N) is 2. The van der Waals surface area contributed by atoms with Crippen LogP contribution in [0.15, 0.2) is 50.9 Å². The highest BCUT2D eigenvalue weighted by Gasteiger charge is 2.13. The normalized spacial score (nSPS) is 11.1. The van der Waals surface area contributed by atoms with Gasteiger partial charge in [-0.2, -0.15) is 5.26 Å². The Morgan fingerprint density at radius 1 is 1.28 bits per heavy atom. The van der Waals surface area contributed by atoms with E-state index in [1.165, 1.54) is 18.2 Å². The first kappa shape index (κ1) is 22.6. The second kappa shape index (κ2) is 10.2. The molecule has 29 heavy (non-hydrogen) atoms. The number of halogens is 2. The Kier molecular flexibility index (Phi) is 7.93. The van der Waals surface area contributed by atoms with Gasteiger partial charge in [0, 0.05) is 18.2 Å². The molecule has 2 aromatic carbocycles. The number of benzene rings is 2. The summed E-state index contributed by atoms with van der Waals surface area (Å²) in [5.41, 5.74) is 1.43. The van der Waals surface area contributed by atoms with E-state index < -0.39 is 10.8 Å². The summed E-state index contributed by atoms with van der Waals surface area (Å²) in [5, 5.41) is 22.7. The molecular weight excluding hydrogens is 506 g/mol. The molecule has 0 heterocycles. The van der Waals surface area contributed by atoms with Crippen molar-refractivity contribution in [1.82, 2.24) is 5.32 Å². The Labute approximate surface area is 184 Å². The van der Waals surface area contributed by atoms with Crippen LogP contribution >= 0.6 is 31.9 Å². The van der Waals surface area contributed by atoms with Gasteiger partial charge in [-0.05, 0) is 87.2 Å². The number of carbonyl (C=O) groups excluding carboxylic acids is 1. The van der Waals surface area contributed by atoms with Gasteiger partial charge in [0.25, 0.3) is 11.6 Å². The molecule has 2 aromatic rings. The largest absolute Gasteiger partial charge is 0.487 e. The topological polar surface area (TPSA) is 105 Å². The van der Waals surface area contributed by atoms with E-state index in [9.17, 15) is 20.2 Å². The lowest BCUT2D eigenvalue weighted by molar-refractivity contribution is -0.384. The molecule has 0 aliphatic heterocycles. The van der Waals surface area contributed by atoms with Crippen molar-refractivity contribution < 1.29 is 14.5 Å². The molecular formula is C20H17Br2N3O4. The van der Waals surface area contributed by atoms with Crippen LogP contribution < -0.4 is 10.1 Å². The summed E-state index contributed by atoms with van der Waals surface area (Å²) in [4.78, 5) is 22.3. The summed E-state index contributed by atoms with van der Waals surface area (Å²) in [6, 6.07) is 11.4. The Morgan fingerprint density at radius 2 is 1.86 bits per heavy atom. The molecule has 0 aliphatic rings. The number of non-ortho nitro benzene ring substituents is 1. The first-order valence-electron chi connectivity index (χ1n) is 8.49. The highest BCUT2D eigenvalue weighted by Crippen LogP contribution is 2.36. The molecule has 9 heteroatoms. The Bertz CT molecular complexity index is 973. The van der Waals surface area contributed by atoms with Crippen molar-refractivity contribution in [2.45, 2.75) is 26.5 Å². The minimum atomic E-state index is -0.457. The lowest BCUT2D eigenvalue weighted by atomic mass is 10.1. The van der Waals surface area contributed by atoms with E-state index in [1.54, 1.807) is 24.3 Å². The molecule has 0 atom stereocenters. The van der Waals surface area contributed by atoms with Gasteiger partial charge in [-0.25, -0.2) is 0 Å². The zero-order chi connectivity index (χ0) is 21.6. The summed E-state index contributed by atoms with van der Waals surface area (Å²) in [7, 11) is 0. The average molecular weight is 523 g/mol. The van der Waals surface area contributed by atoms with E-state index in [4.69, 9.17) is 4.74 Å². The van der Waals surface area contributed by atoms with Crippen LogP contribution in [0.2, 0.25) is 0 Å². The maximum absolute atomic E-state index is 12.1. The quantitative estimate of drug-likeness (QED) is 0.235. The maximum Gasteiger partial charge on any atom is 0.269 e. The van der Waals surface area contributed by atoms with Crippen LogP contribution in [0.1, 0.15) is 25.0 Å². The minimum absolute atomic E-state index is 0.00273. The molecule has 0 aromatic heterocycles. The van der Waals surface area contributed by atoms with Gasteiger partial charge in [0.1, 0.15) is 24.0 Å². The summed E-state index contributed by atoms with van der Waals surface area (Å²) >= 11 is 6.87. The summed E-state index contributed by atoms with van der Waals surface area (Å²) < 4.78 is 7.06. The number of nitro benzene ring substituents is 1. The molecule has 7 nitrogen and oxygen atoms in total. The van der Waals surface area contributed by atoms with Crippen LogP contribution in [-0.2, 0) is 11.4 Å². The number of hydrogen-bond acceptors (Lipinski definition) is 5. The number of rotatable bonds is 7. The smallest absolute Gasteiger partial charge is 0.269 e. The molecule has 2 rings (SSSR count). The van der Waals surface area contributed by atoms with Crippen molar-refractivity contribution in [2.24, 2.45) is 0 Å². The number of carbonyl (C=O) groups is 1. The molecule has 0 unspecified atom stereocenters. The van der Waals surface area contributed by atoms with E-state index in [-0.39, 0.29) is 23.9 Å². The number of nitriles is 1. The van der Waals surface area contributed by atoms with Gasteiger partial charge in [0.2, 0.25) is 0 Å². The third kappa shape index (κ3) is 6.41. The molecule has 0 saturated heterocycles. The predicted octanol–water partition coefficient (Wildman–Crippen LogP) is 5.13. The van der Waals surface area contributed by atoms with Gasteiger partial charge in [0.05, 0.1) is 13.9 Å². The number of ether oxygens (including phenoxy) is 1. The number of nitrogens with one attached hydrogen (secondary N) is 1. The second-order valence-corrected chi connectivity index (χ2v) is 8.03. The SMILES string of the molecule is CC(C)NC(=O)/C(C#N)=C\c1cc(Br)c(OCc2ccc([N+](=O)[O-])cc2)c(Br)c1. The lowest BCUT2D eigenvalue weighted by Gasteiger charge is -2.12. The third-order valence-corrected chi connectivity index (χ3v) is 4.82. The number of nitro groups is 1. The Hall–Kier alpha value is -2.70. The average Bonchev–Trinajstić information content (AvgIpc) is 2.65. The maximum atomic E-state index is 12.1. The van der Waals surface area contributed by atoms with Crippen molar-refractivity contribution in [3.63, 3.8) is 0 Å². The zero-order valence-electron chi connectivity index (χ0n) is 15.6. The van der Waals surface area contributed by atoms with Gasteiger partial charge < -0.3 is 10.1 Å². The van der Waals surface area contributed by atoms with Gasteiger partial charge in [-0.15, -0.1) is 0 Å². The van der Waals surface area contributed by atoms with Crippen molar-refractivity contribution in [3.05, 3.63) is 72.2 Å². The fourth-order valence-corrected chi connectivity index (χ4v) is 3.78.